The van der Waals surface area contributed by atoms with E-state index in [2.05, 4.69) is 54.0 Å². The molecule has 0 radical (unpaired) electrons. The van der Waals surface area contributed by atoms with E-state index in [-0.39, 0.29) is 22.4 Å². The summed E-state index contributed by atoms with van der Waals surface area (Å²) in [5, 5.41) is 7.68. The summed E-state index contributed by atoms with van der Waals surface area (Å²) < 4.78 is 2.05. The molecule has 0 aliphatic heterocycles. The lowest BCUT2D eigenvalue weighted by Crippen LogP contribution is -2.26. The molecule has 1 heterocycles. The maximum absolute atomic E-state index is 12.2. The molecule has 0 saturated heterocycles. The number of halogens is 1. The molecule has 4 nitrogen and oxygen atoms in total. The van der Waals surface area contributed by atoms with Crippen LogP contribution < -0.4 is 10.9 Å². The normalized spacial score (nSPS) is 20.6. The predicted octanol–water partition coefficient (Wildman–Crippen LogP) is 3.43. The van der Waals surface area contributed by atoms with Gasteiger partial charge in [0, 0.05) is 6.04 Å². The first-order chi connectivity index (χ1) is 8.60. The Kier molecular flexibility index (Phi) is 3.32. The highest BCUT2D eigenvalue weighted by Crippen LogP contribution is 2.63. The van der Waals surface area contributed by atoms with Gasteiger partial charge in [-0.05, 0) is 40.6 Å². The van der Waals surface area contributed by atoms with Crippen LogP contribution in [0, 0.1) is 10.8 Å². The van der Waals surface area contributed by atoms with Gasteiger partial charge >= 0.3 is 0 Å². The molecular formula is C14H22BrN3O. The van der Waals surface area contributed by atoms with Crippen molar-refractivity contribution in [2.75, 3.05) is 5.32 Å². The Morgan fingerprint density at radius 3 is 2.26 bits per heavy atom. The molecule has 0 aromatic carbocycles. The molecule has 1 aromatic heterocycles. The lowest BCUT2D eigenvalue weighted by Gasteiger charge is -2.13. The molecule has 19 heavy (non-hydrogen) atoms. The fourth-order valence-corrected chi connectivity index (χ4v) is 3.02. The Hall–Kier alpha value is -0.840. The maximum Gasteiger partial charge on any atom is 0.283 e. The molecule has 106 valence electrons. The lowest BCUT2D eigenvalue weighted by molar-refractivity contribution is 0.457. The Morgan fingerprint density at radius 1 is 1.32 bits per heavy atom. The minimum absolute atomic E-state index is 0.0617. The fourth-order valence-electron chi connectivity index (χ4n) is 2.63. The second kappa shape index (κ2) is 4.33. The summed E-state index contributed by atoms with van der Waals surface area (Å²) in [6, 6.07) is 0.416. The van der Waals surface area contributed by atoms with Crippen molar-refractivity contribution in [3.63, 3.8) is 0 Å². The van der Waals surface area contributed by atoms with Crippen molar-refractivity contribution in [1.82, 2.24) is 9.78 Å². The van der Waals surface area contributed by atoms with Gasteiger partial charge in [-0.1, -0.05) is 27.7 Å². The van der Waals surface area contributed by atoms with Crippen LogP contribution in [0.15, 0.2) is 15.5 Å². The number of nitrogens with zero attached hydrogens (tertiary/aromatic N) is 2. The Morgan fingerprint density at radius 2 is 1.84 bits per heavy atom. The Bertz CT molecular complexity index is 546. The highest BCUT2D eigenvalue weighted by molar-refractivity contribution is 9.10. The topological polar surface area (TPSA) is 46.9 Å². The van der Waals surface area contributed by atoms with E-state index in [1.54, 1.807) is 6.20 Å². The van der Waals surface area contributed by atoms with Gasteiger partial charge in [-0.3, -0.25) is 4.79 Å². The van der Waals surface area contributed by atoms with E-state index < -0.39 is 0 Å². The number of rotatable bonds is 3. The molecule has 0 amide bonds. The largest absolute Gasteiger partial charge is 0.379 e. The van der Waals surface area contributed by atoms with Gasteiger partial charge in [0.1, 0.15) is 4.47 Å². The molecule has 1 aliphatic carbocycles. The van der Waals surface area contributed by atoms with Gasteiger partial charge in [0.25, 0.3) is 5.56 Å². The van der Waals surface area contributed by atoms with Crippen molar-refractivity contribution >= 4 is 21.6 Å². The van der Waals surface area contributed by atoms with E-state index >= 15 is 0 Å². The first kappa shape index (κ1) is 14.6. The predicted molar refractivity (Wildman–Crippen MR) is 81.6 cm³/mol. The molecule has 0 atom stereocenters. The van der Waals surface area contributed by atoms with Crippen LogP contribution in [-0.4, -0.2) is 15.8 Å². The number of hydrogen-bond acceptors (Lipinski definition) is 3. The van der Waals surface area contributed by atoms with Crippen LogP contribution in [-0.2, 0) is 0 Å². The van der Waals surface area contributed by atoms with E-state index in [4.69, 9.17) is 0 Å². The molecule has 1 aromatic rings. The van der Waals surface area contributed by atoms with Crippen molar-refractivity contribution in [2.24, 2.45) is 10.8 Å². The van der Waals surface area contributed by atoms with Crippen LogP contribution in [0.4, 0.5) is 5.69 Å². The lowest BCUT2D eigenvalue weighted by atomic mass is 10.0. The minimum Gasteiger partial charge on any atom is -0.379 e. The van der Waals surface area contributed by atoms with Crippen LogP contribution in [0.3, 0.4) is 0 Å². The standard InChI is InChI=1S/C14H22BrN3O/c1-8(2)18-11(19)10(15)9(7-16-18)17-12-13(3,4)14(12,5)6/h7-8,12,17H,1-6H3. The molecule has 1 aliphatic rings. The molecule has 0 spiro atoms. The average molecular weight is 328 g/mol. The van der Waals surface area contributed by atoms with E-state index in [0.717, 1.165) is 5.69 Å². The van der Waals surface area contributed by atoms with Crippen molar-refractivity contribution in [1.29, 1.82) is 0 Å². The summed E-state index contributed by atoms with van der Waals surface area (Å²) in [5.74, 6) is 0. The zero-order chi connectivity index (χ0) is 14.6. The summed E-state index contributed by atoms with van der Waals surface area (Å²) in [5.41, 5.74) is 1.14. The van der Waals surface area contributed by atoms with E-state index in [1.807, 2.05) is 13.8 Å². The maximum atomic E-state index is 12.2. The van der Waals surface area contributed by atoms with Crippen LogP contribution >= 0.6 is 15.9 Å². The van der Waals surface area contributed by atoms with Gasteiger partial charge in [0.2, 0.25) is 0 Å². The summed E-state index contributed by atoms with van der Waals surface area (Å²) in [7, 11) is 0. The average Bonchev–Trinajstić information content (AvgIpc) is 2.66. The Labute approximate surface area is 122 Å². The van der Waals surface area contributed by atoms with Crippen molar-refractivity contribution < 1.29 is 0 Å². The highest BCUT2D eigenvalue weighted by Gasteiger charge is 2.65. The van der Waals surface area contributed by atoms with Crippen LogP contribution in [0.2, 0.25) is 0 Å². The van der Waals surface area contributed by atoms with Crippen LogP contribution in [0.5, 0.6) is 0 Å². The molecule has 1 fully saturated rings. The molecule has 1 N–H and O–H groups in total. The number of aromatic nitrogens is 2. The smallest absolute Gasteiger partial charge is 0.283 e. The van der Waals surface area contributed by atoms with Crippen molar-refractivity contribution in [3.8, 4) is 0 Å². The molecule has 0 bridgehead atoms. The number of anilines is 1. The summed E-state index contributed by atoms with van der Waals surface area (Å²) in [4.78, 5) is 12.2. The van der Waals surface area contributed by atoms with E-state index in [9.17, 15) is 4.79 Å². The van der Waals surface area contributed by atoms with Crippen molar-refractivity contribution in [3.05, 3.63) is 21.0 Å². The van der Waals surface area contributed by atoms with Gasteiger partial charge in [-0.15, -0.1) is 0 Å². The highest BCUT2D eigenvalue weighted by atomic mass is 79.9. The second-order valence-corrected chi connectivity index (χ2v) is 7.53. The van der Waals surface area contributed by atoms with Crippen LogP contribution in [0.25, 0.3) is 0 Å². The van der Waals surface area contributed by atoms with Gasteiger partial charge in [-0.2, -0.15) is 5.10 Å². The number of hydrogen-bond donors (Lipinski definition) is 1. The summed E-state index contributed by atoms with van der Waals surface area (Å²) in [6.07, 6.45) is 1.73. The Balaban J connectivity index is 2.30. The van der Waals surface area contributed by atoms with Gasteiger partial charge < -0.3 is 5.32 Å². The first-order valence-corrected chi connectivity index (χ1v) is 7.44. The van der Waals surface area contributed by atoms with Crippen molar-refractivity contribution in [2.45, 2.75) is 53.6 Å². The third-order valence-corrected chi connectivity index (χ3v) is 5.52. The third kappa shape index (κ3) is 2.12. The van der Waals surface area contributed by atoms with Crippen LogP contribution in [0.1, 0.15) is 47.6 Å². The quantitative estimate of drug-likeness (QED) is 0.925. The SMILES string of the molecule is CC(C)n1ncc(NC2C(C)(C)C2(C)C)c(Br)c1=O. The molecular weight excluding hydrogens is 306 g/mol. The van der Waals surface area contributed by atoms with Gasteiger partial charge in [-0.25, -0.2) is 4.68 Å². The third-order valence-electron chi connectivity index (χ3n) is 4.75. The van der Waals surface area contributed by atoms with E-state index in [0.29, 0.717) is 10.5 Å². The fraction of sp³-hybridized carbons (Fsp3) is 0.714. The zero-order valence-corrected chi connectivity index (χ0v) is 14.0. The monoisotopic (exact) mass is 327 g/mol. The molecule has 0 unspecified atom stereocenters. The van der Waals surface area contributed by atoms with Gasteiger partial charge in [0.15, 0.2) is 0 Å². The van der Waals surface area contributed by atoms with Gasteiger partial charge in [0.05, 0.1) is 17.9 Å². The zero-order valence-electron chi connectivity index (χ0n) is 12.4. The summed E-state index contributed by atoms with van der Waals surface area (Å²) >= 11 is 3.39. The molecule has 1 saturated carbocycles. The molecule has 2 rings (SSSR count). The second-order valence-electron chi connectivity index (χ2n) is 6.74. The molecule has 5 heteroatoms. The van der Waals surface area contributed by atoms with E-state index in [1.165, 1.54) is 4.68 Å². The first-order valence-electron chi connectivity index (χ1n) is 6.64. The summed E-state index contributed by atoms with van der Waals surface area (Å²) in [6.45, 7) is 12.8. The number of nitrogens with one attached hydrogen (secondary N) is 1. The minimum atomic E-state index is -0.0868.